The van der Waals surface area contributed by atoms with Crippen LogP contribution in [0.25, 0.3) is 0 Å². The Balaban J connectivity index is 1.76. The number of ether oxygens (including phenoxy) is 1. The van der Waals surface area contributed by atoms with Crippen LogP contribution in [-0.4, -0.2) is 25.5 Å². The maximum absolute atomic E-state index is 12.6. The first-order valence-electron chi connectivity index (χ1n) is 9.33. The molecule has 2 aromatic carbocycles. The predicted molar refractivity (Wildman–Crippen MR) is 116 cm³/mol. The van der Waals surface area contributed by atoms with E-state index in [9.17, 15) is 25.0 Å². The third kappa shape index (κ3) is 5.58. The maximum atomic E-state index is 12.6. The van der Waals surface area contributed by atoms with Crippen LogP contribution in [0.4, 0.5) is 17.1 Å². The number of carbonyl (C=O) groups is 1. The van der Waals surface area contributed by atoms with Gasteiger partial charge in [0.1, 0.15) is 23.9 Å². The molecule has 3 rings (SSSR count). The molecule has 11 nitrogen and oxygen atoms in total. The van der Waals surface area contributed by atoms with Gasteiger partial charge in [0.05, 0.1) is 34.1 Å². The van der Waals surface area contributed by atoms with Crippen LogP contribution >= 0.6 is 11.6 Å². The Morgan fingerprint density at radius 2 is 1.88 bits per heavy atom. The molecule has 0 spiro atoms. The number of hydrogen-bond acceptors (Lipinski definition) is 7. The normalized spacial score (nSPS) is 11.6. The van der Waals surface area contributed by atoms with Crippen molar-refractivity contribution in [3.05, 3.63) is 79.6 Å². The fourth-order valence-corrected chi connectivity index (χ4v) is 2.93. The van der Waals surface area contributed by atoms with E-state index in [1.165, 1.54) is 29.1 Å². The van der Waals surface area contributed by atoms with Gasteiger partial charge in [-0.25, -0.2) is 0 Å². The second-order valence-corrected chi connectivity index (χ2v) is 7.46. The first-order valence-corrected chi connectivity index (χ1v) is 9.71. The van der Waals surface area contributed by atoms with Crippen molar-refractivity contribution >= 4 is 34.6 Å². The number of nitrogens with zero attached hydrogens (tertiary/aromatic N) is 4. The number of non-ortho nitro benzene ring substituents is 1. The summed E-state index contributed by atoms with van der Waals surface area (Å²) in [4.78, 5) is 33.5. The standard InChI is InChI=1S/C20H18ClN5O6/c1-12-5-17(3-4-19(12)21)32-18-7-14(6-15(8-18)25(28)29)23-20(27)13(2)10-24-11-16(9-22-24)26(30)31/h3-9,11,13H,10H2,1-2H3,(H,23,27). The van der Waals surface area contributed by atoms with Gasteiger partial charge in [-0.2, -0.15) is 5.10 Å². The summed E-state index contributed by atoms with van der Waals surface area (Å²) in [5.74, 6) is -0.487. The summed E-state index contributed by atoms with van der Waals surface area (Å²) in [6.45, 7) is 3.49. The maximum Gasteiger partial charge on any atom is 0.306 e. The molecule has 0 aliphatic heterocycles. The van der Waals surface area contributed by atoms with Crippen LogP contribution in [-0.2, 0) is 11.3 Å². The van der Waals surface area contributed by atoms with Gasteiger partial charge in [0.15, 0.2) is 0 Å². The molecule has 0 fully saturated rings. The highest BCUT2D eigenvalue weighted by Gasteiger charge is 2.19. The largest absolute Gasteiger partial charge is 0.457 e. The minimum atomic E-state index is -0.628. The van der Waals surface area contributed by atoms with Gasteiger partial charge >= 0.3 is 5.69 Å². The molecular weight excluding hydrogens is 442 g/mol. The van der Waals surface area contributed by atoms with Gasteiger partial charge in [0, 0.05) is 17.2 Å². The number of anilines is 1. The lowest BCUT2D eigenvalue weighted by atomic mass is 10.1. The quantitative estimate of drug-likeness (QED) is 0.379. The average molecular weight is 460 g/mol. The van der Waals surface area contributed by atoms with Crippen LogP contribution in [0.5, 0.6) is 11.5 Å². The summed E-state index contributed by atoms with van der Waals surface area (Å²) < 4.78 is 7.00. The van der Waals surface area contributed by atoms with Gasteiger partial charge in [0.25, 0.3) is 5.69 Å². The highest BCUT2D eigenvalue weighted by atomic mass is 35.5. The molecule has 3 aromatic rings. The van der Waals surface area contributed by atoms with Gasteiger partial charge in [-0.05, 0) is 30.7 Å². The molecule has 0 saturated heterocycles. The van der Waals surface area contributed by atoms with E-state index in [2.05, 4.69) is 10.4 Å². The van der Waals surface area contributed by atoms with E-state index in [0.717, 1.165) is 11.8 Å². The van der Waals surface area contributed by atoms with Gasteiger partial charge in [0.2, 0.25) is 5.91 Å². The van der Waals surface area contributed by atoms with Gasteiger partial charge < -0.3 is 10.1 Å². The average Bonchev–Trinajstić information content (AvgIpc) is 3.19. The number of carbonyl (C=O) groups excluding carboxylic acids is 1. The Morgan fingerprint density at radius 3 is 2.50 bits per heavy atom. The molecule has 166 valence electrons. The van der Waals surface area contributed by atoms with Crippen molar-refractivity contribution in [2.45, 2.75) is 20.4 Å². The van der Waals surface area contributed by atoms with E-state index in [1.54, 1.807) is 32.0 Å². The molecule has 1 atom stereocenters. The van der Waals surface area contributed by atoms with E-state index in [1.807, 2.05) is 0 Å². The van der Waals surface area contributed by atoms with Gasteiger partial charge in [-0.15, -0.1) is 0 Å². The van der Waals surface area contributed by atoms with Crippen molar-refractivity contribution in [2.24, 2.45) is 5.92 Å². The van der Waals surface area contributed by atoms with E-state index in [0.29, 0.717) is 10.8 Å². The second-order valence-electron chi connectivity index (χ2n) is 7.05. The van der Waals surface area contributed by atoms with Gasteiger partial charge in [-0.1, -0.05) is 18.5 Å². The van der Waals surface area contributed by atoms with Crippen molar-refractivity contribution in [1.29, 1.82) is 0 Å². The molecule has 1 unspecified atom stereocenters. The zero-order valence-corrected chi connectivity index (χ0v) is 17.8. The lowest BCUT2D eigenvalue weighted by molar-refractivity contribution is -0.385. The monoisotopic (exact) mass is 459 g/mol. The van der Waals surface area contributed by atoms with Crippen LogP contribution in [0.3, 0.4) is 0 Å². The van der Waals surface area contributed by atoms with Crippen molar-refractivity contribution in [3.63, 3.8) is 0 Å². The van der Waals surface area contributed by atoms with E-state index in [-0.39, 0.29) is 29.4 Å². The summed E-state index contributed by atoms with van der Waals surface area (Å²) in [5.41, 5.74) is 0.494. The summed E-state index contributed by atoms with van der Waals surface area (Å²) in [6.07, 6.45) is 2.31. The van der Waals surface area contributed by atoms with E-state index in [4.69, 9.17) is 16.3 Å². The minimum absolute atomic E-state index is 0.0853. The van der Waals surface area contributed by atoms with Crippen molar-refractivity contribution < 1.29 is 19.4 Å². The first kappa shape index (κ1) is 22.7. The molecule has 0 aliphatic rings. The number of amides is 1. The molecule has 32 heavy (non-hydrogen) atoms. The molecular formula is C20H18ClN5O6. The SMILES string of the molecule is Cc1cc(Oc2cc(NC(=O)C(C)Cn3cc([N+](=O)[O-])cn3)cc([N+](=O)[O-])c2)ccc1Cl. The molecule has 1 heterocycles. The summed E-state index contributed by atoms with van der Waals surface area (Å²) in [7, 11) is 0. The van der Waals surface area contributed by atoms with Crippen molar-refractivity contribution in [1.82, 2.24) is 9.78 Å². The molecule has 1 aromatic heterocycles. The molecule has 0 saturated carbocycles. The second kappa shape index (κ2) is 9.43. The zero-order valence-electron chi connectivity index (χ0n) is 17.0. The number of hydrogen-bond donors (Lipinski definition) is 1. The lowest BCUT2D eigenvalue weighted by Crippen LogP contribution is -2.24. The molecule has 1 amide bonds. The fourth-order valence-electron chi connectivity index (χ4n) is 2.81. The number of rotatable bonds is 8. The Labute approximate surface area is 186 Å². The van der Waals surface area contributed by atoms with E-state index < -0.39 is 21.7 Å². The molecule has 0 radical (unpaired) electrons. The highest BCUT2D eigenvalue weighted by molar-refractivity contribution is 6.31. The third-order valence-electron chi connectivity index (χ3n) is 4.47. The highest BCUT2D eigenvalue weighted by Crippen LogP contribution is 2.31. The smallest absolute Gasteiger partial charge is 0.306 e. The lowest BCUT2D eigenvalue weighted by Gasteiger charge is -2.13. The molecule has 0 aliphatic carbocycles. The summed E-state index contributed by atoms with van der Waals surface area (Å²) in [5, 5.41) is 29.1. The molecule has 1 N–H and O–H groups in total. The summed E-state index contributed by atoms with van der Waals surface area (Å²) >= 11 is 6.01. The first-order chi connectivity index (χ1) is 15.1. The Kier molecular flexibility index (Phi) is 6.69. The Hall–Kier alpha value is -3.99. The fraction of sp³-hybridized carbons (Fsp3) is 0.200. The molecule has 12 heteroatoms. The van der Waals surface area contributed by atoms with Crippen molar-refractivity contribution in [2.75, 3.05) is 5.32 Å². The van der Waals surface area contributed by atoms with Crippen molar-refractivity contribution in [3.8, 4) is 11.5 Å². The Morgan fingerprint density at radius 1 is 1.16 bits per heavy atom. The zero-order chi connectivity index (χ0) is 23.4. The third-order valence-corrected chi connectivity index (χ3v) is 4.90. The number of halogens is 1. The summed E-state index contributed by atoms with van der Waals surface area (Å²) in [6, 6.07) is 8.87. The topological polar surface area (TPSA) is 142 Å². The van der Waals surface area contributed by atoms with Crippen LogP contribution in [0, 0.1) is 33.1 Å². The van der Waals surface area contributed by atoms with Gasteiger partial charge in [-0.3, -0.25) is 29.7 Å². The number of aryl methyl sites for hydroxylation is 1. The minimum Gasteiger partial charge on any atom is -0.457 e. The molecule has 0 bridgehead atoms. The van der Waals surface area contributed by atoms with E-state index >= 15 is 0 Å². The number of nitrogens with one attached hydrogen (secondary N) is 1. The Bertz CT molecular complexity index is 1190. The van der Waals surface area contributed by atoms with Crippen LogP contribution < -0.4 is 10.1 Å². The number of benzene rings is 2. The number of aromatic nitrogens is 2. The number of nitro benzene ring substituents is 1. The van der Waals surface area contributed by atoms with Crippen LogP contribution in [0.15, 0.2) is 48.8 Å². The number of nitro groups is 2. The predicted octanol–water partition coefficient (Wildman–Crippen LogP) is 4.73. The van der Waals surface area contributed by atoms with Crippen LogP contribution in [0.2, 0.25) is 5.02 Å². The van der Waals surface area contributed by atoms with Crippen LogP contribution in [0.1, 0.15) is 12.5 Å².